The third-order valence-corrected chi connectivity index (χ3v) is 4.05. The van der Waals surface area contributed by atoms with Crippen molar-refractivity contribution in [3.8, 4) is 0 Å². The fourth-order valence-electron chi connectivity index (χ4n) is 2.93. The zero-order valence-corrected chi connectivity index (χ0v) is 12.2. The van der Waals surface area contributed by atoms with Crippen LogP contribution in [0.3, 0.4) is 0 Å². The monoisotopic (exact) mass is 317 g/mol. The molecule has 3 rings (SSSR count). The first-order chi connectivity index (χ1) is 11.0. The number of carbonyl (C=O) groups is 4. The number of hydrogen-bond acceptors (Lipinski definition) is 5. The molecule has 0 spiro atoms. The molecule has 4 amide bonds. The Morgan fingerprint density at radius 2 is 2.13 bits per heavy atom. The van der Waals surface area contributed by atoms with E-state index in [9.17, 15) is 19.2 Å². The molecule has 3 N–H and O–H groups in total. The summed E-state index contributed by atoms with van der Waals surface area (Å²) in [4.78, 5) is 48.0. The van der Waals surface area contributed by atoms with Crippen molar-refractivity contribution in [2.24, 2.45) is 5.73 Å². The summed E-state index contributed by atoms with van der Waals surface area (Å²) in [6.07, 6.45) is -0.389. The lowest BCUT2D eigenvalue weighted by molar-refractivity contribution is -0.136. The van der Waals surface area contributed by atoms with E-state index in [2.05, 4.69) is 5.32 Å². The maximum absolute atomic E-state index is 12.5. The second-order valence-corrected chi connectivity index (χ2v) is 5.45. The highest BCUT2D eigenvalue weighted by atomic mass is 16.5. The number of nitrogens with one attached hydrogen (secondary N) is 1. The first kappa shape index (κ1) is 15.0. The molecular weight excluding hydrogens is 302 g/mol. The zero-order valence-electron chi connectivity index (χ0n) is 12.2. The number of rotatable bonds is 3. The largest absolute Gasteiger partial charge is 0.445 e. The quantitative estimate of drug-likeness (QED) is 0.763. The molecule has 0 saturated carbocycles. The van der Waals surface area contributed by atoms with E-state index >= 15 is 0 Å². The molecular formula is C15H15N3O5. The number of benzene rings is 1. The first-order valence-electron chi connectivity index (χ1n) is 7.15. The van der Waals surface area contributed by atoms with Crippen LogP contribution in [0.15, 0.2) is 18.2 Å². The molecule has 1 aromatic rings. The summed E-state index contributed by atoms with van der Waals surface area (Å²) in [5, 5.41) is 2.25. The van der Waals surface area contributed by atoms with Gasteiger partial charge in [-0.05, 0) is 23.6 Å². The van der Waals surface area contributed by atoms with Gasteiger partial charge in [0.25, 0.3) is 5.91 Å². The van der Waals surface area contributed by atoms with Crippen molar-refractivity contribution in [1.29, 1.82) is 0 Å². The van der Waals surface area contributed by atoms with Gasteiger partial charge in [-0.2, -0.15) is 0 Å². The van der Waals surface area contributed by atoms with Gasteiger partial charge in [-0.3, -0.25) is 19.7 Å². The van der Waals surface area contributed by atoms with Gasteiger partial charge in [-0.15, -0.1) is 0 Å². The first-order valence-corrected chi connectivity index (χ1v) is 7.15. The average molecular weight is 317 g/mol. The predicted molar refractivity (Wildman–Crippen MR) is 76.9 cm³/mol. The van der Waals surface area contributed by atoms with E-state index in [-0.39, 0.29) is 31.4 Å². The second kappa shape index (κ2) is 5.71. The van der Waals surface area contributed by atoms with E-state index in [4.69, 9.17) is 10.5 Å². The minimum absolute atomic E-state index is 0.0328. The highest BCUT2D eigenvalue weighted by Crippen LogP contribution is 2.30. The molecule has 8 nitrogen and oxygen atoms in total. The summed E-state index contributed by atoms with van der Waals surface area (Å²) in [5.74, 6) is -1.06. The summed E-state index contributed by atoms with van der Waals surface area (Å²) in [7, 11) is 0. The van der Waals surface area contributed by atoms with Gasteiger partial charge in [0, 0.05) is 18.5 Å². The van der Waals surface area contributed by atoms with Crippen molar-refractivity contribution in [1.82, 2.24) is 10.2 Å². The van der Waals surface area contributed by atoms with Gasteiger partial charge in [0.1, 0.15) is 12.6 Å². The van der Waals surface area contributed by atoms with Crippen LogP contribution in [0.5, 0.6) is 0 Å². The lowest BCUT2D eigenvalue weighted by atomic mass is 10.0. The minimum atomic E-state index is -0.894. The van der Waals surface area contributed by atoms with Crippen molar-refractivity contribution in [2.45, 2.75) is 32.0 Å². The van der Waals surface area contributed by atoms with Crippen LogP contribution in [0, 0.1) is 0 Å². The molecule has 2 aliphatic heterocycles. The van der Waals surface area contributed by atoms with Crippen LogP contribution in [-0.4, -0.2) is 34.8 Å². The van der Waals surface area contributed by atoms with Crippen LogP contribution < -0.4 is 11.1 Å². The number of primary amides is 1. The maximum atomic E-state index is 12.5. The van der Waals surface area contributed by atoms with E-state index in [1.54, 1.807) is 18.2 Å². The lowest BCUT2D eigenvalue weighted by Crippen LogP contribution is -2.52. The Morgan fingerprint density at radius 1 is 1.35 bits per heavy atom. The molecule has 0 aliphatic carbocycles. The van der Waals surface area contributed by atoms with Crippen LogP contribution in [-0.2, 0) is 27.5 Å². The van der Waals surface area contributed by atoms with E-state index in [0.29, 0.717) is 23.1 Å². The number of nitrogens with two attached hydrogens (primary N) is 1. The van der Waals surface area contributed by atoms with E-state index < -0.39 is 18.0 Å². The van der Waals surface area contributed by atoms with Crippen molar-refractivity contribution in [2.75, 3.05) is 0 Å². The molecule has 2 heterocycles. The Morgan fingerprint density at radius 3 is 2.83 bits per heavy atom. The number of amides is 4. The van der Waals surface area contributed by atoms with Crippen molar-refractivity contribution in [3.05, 3.63) is 34.9 Å². The SMILES string of the molecule is NC(=O)OCc1cccc2c1CN(C1CCC(=O)NC1=O)C2=O. The zero-order chi connectivity index (χ0) is 16.6. The van der Waals surface area contributed by atoms with Crippen LogP contribution >= 0.6 is 0 Å². The second-order valence-electron chi connectivity index (χ2n) is 5.45. The predicted octanol–water partition coefficient (Wildman–Crippen LogP) is 0.0429. The van der Waals surface area contributed by atoms with Gasteiger partial charge >= 0.3 is 6.09 Å². The highest BCUT2D eigenvalue weighted by Gasteiger charge is 2.39. The van der Waals surface area contributed by atoms with Crippen molar-refractivity contribution >= 4 is 23.8 Å². The third kappa shape index (κ3) is 2.75. The minimum Gasteiger partial charge on any atom is -0.445 e. The van der Waals surface area contributed by atoms with Gasteiger partial charge < -0.3 is 15.4 Å². The molecule has 8 heteroatoms. The summed E-state index contributed by atoms with van der Waals surface area (Å²) < 4.78 is 4.79. The molecule has 0 bridgehead atoms. The van der Waals surface area contributed by atoms with Gasteiger partial charge in [-0.1, -0.05) is 12.1 Å². The smallest absolute Gasteiger partial charge is 0.404 e. The fourth-order valence-corrected chi connectivity index (χ4v) is 2.93. The Kier molecular flexibility index (Phi) is 3.73. The lowest BCUT2D eigenvalue weighted by Gasteiger charge is -2.29. The number of hydrogen-bond donors (Lipinski definition) is 2. The fraction of sp³-hybridized carbons (Fsp3) is 0.333. The van der Waals surface area contributed by atoms with Gasteiger partial charge in [0.05, 0.1) is 0 Å². The number of nitrogens with zero attached hydrogens (tertiary/aromatic N) is 1. The average Bonchev–Trinajstić information content (AvgIpc) is 2.83. The van der Waals surface area contributed by atoms with Crippen LogP contribution in [0.25, 0.3) is 0 Å². The van der Waals surface area contributed by atoms with Gasteiger partial charge in [-0.25, -0.2) is 4.79 Å². The van der Waals surface area contributed by atoms with Crippen LogP contribution in [0.2, 0.25) is 0 Å². The normalized spacial score (nSPS) is 20.3. The Labute approximate surface area is 131 Å². The van der Waals surface area contributed by atoms with Crippen molar-refractivity contribution in [3.63, 3.8) is 0 Å². The Balaban J connectivity index is 1.84. The van der Waals surface area contributed by atoms with Gasteiger partial charge in [0.15, 0.2) is 0 Å². The maximum Gasteiger partial charge on any atom is 0.404 e. The molecule has 1 aromatic carbocycles. The number of fused-ring (bicyclic) bond motifs is 1. The molecule has 0 aromatic heterocycles. The number of carbonyl (C=O) groups excluding carboxylic acids is 4. The summed E-state index contributed by atoms with van der Waals surface area (Å²) in [5.41, 5.74) is 6.82. The topological polar surface area (TPSA) is 119 Å². The van der Waals surface area contributed by atoms with E-state index in [1.165, 1.54) is 4.90 Å². The molecule has 1 saturated heterocycles. The van der Waals surface area contributed by atoms with Gasteiger partial charge in [0.2, 0.25) is 11.8 Å². The Bertz CT molecular complexity index is 715. The molecule has 23 heavy (non-hydrogen) atoms. The Hall–Kier alpha value is -2.90. The standard InChI is InChI=1S/C15H15N3O5/c16-15(22)23-7-8-2-1-3-9-10(8)6-18(14(9)21)11-4-5-12(19)17-13(11)20/h1-3,11H,4-7H2,(H2,16,22)(H,17,19,20). The van der Waals surface area contributed by atoms with Crippen molar-refractivity contribution < 1.29 is 23.9 Å². The summed E-state index contributed by atoms with van der Waals surface area (Å²) >= 11 is 0. The molecule has 0 radical (unpaired) electrons. The van der Waals surface area contributed by atoms with E-state index in [0.717, 1.165) is 0 Å². The third-order valence-electron chi connectivity index (χ3n) is 4.05. The summed E-state index contributed by atoms with van der Waals surface area (Å²) in [6.45, 7) is 0.202. The molecule has 1 atom stereocenters. The number of piperidine rings is 1. The number of imide groups is 1. The number of ether oxygens (including phenoxy) is 1. The van der Waals surface area contributed by atoms with Crippen LogP contribution in [0.1, 0.15) is 34.3 Å². The molecule has 1 unspecified atom stereocenters. The molecule has 1 fully saturated rings. The molecule has 2 aliphatic rings. The van der Waals surface area contributed by atoms with Crippen LogP contribution in [0.4, 0.5) is 4.79 Å². The summed E-state index contributed by atoms with van der Waals surface area (Å²) in [6, 6.07) is 4.42. The van der Waals surface area contributed by atoms with E-state index in [1.807, 2.05) is 0 Å². The highest BCUT2D eigenvalue weighted by molar-refractivity contribution is 6.05. The molecule has 120 valence electrons.